The van der Waals surface area contributed by atoms with Gasteiger partial charge in [-0.05, 0) is 19.3 Å². The summed E-state index contributed by atoms with van der Waals surface area (Å²) in [4.78, 5) is 23.7. The fourth-order valence-electron chi connectivity index (χ4n) is 2.13. The monoisotopic (exact) mass is 256 g/mol. The Bertz CT molecular complexity index is 335. The summed E-state index contributed by atoms with van der Waals surface area (Å²) in [5, 5.41) is 11.4. The van der Waals surface area contributed by atoms with Gasteiger partial charge in [-0.15, -0.1) is 0 Å². The fraction of sp³-hybridized carbons (Fsp3) is 0.833. The SMILES string of the molecule is CC1(OCC(=O)O)CN(C(=O)NCCC2CC2)C1. The van der Waals surface area contributed by atoms with Crippen LogP contribution in [0.2, 0.25) is 0 Å². The Labute approximate surface area is 106 Å². The van der Waals surface area contributed by atoms with Gasteiger partial charge >= 0.3 is 12.0 Å². The van der Waals surface area contributed by atoms with Crippen LogP contribution in [0.5, 0.6) is 0 Å². The Morgan fingerprint density at radius 3 is 2.67 bits per heavy atom. The first-order valence-electron chi connectivity index (χ1n) is 6.37. The van der Waals surface area contributed by atoms with Crippen LogP contribution < -0.4 is 5.32 Å². The molecule has 18 heavy (non-hydrogen) atoms. The van der Waals surface area contributed by atoms with E-state index < -0.39 is 11.6 Å². The zero-order chi connectivity index (χ0) is 13.2. The Balaban J connectivity index is 1.60. The second kappa shape index (κ2) is 5.14. The number of ether oxygens (including phenoxy) is 1. The summed E-state index contributed by atoms with van der Waals surface area (Å²) < 4.78 is 5.24. The molecule has 1 saturated heterocycles. The Kier molecular flexibility index (Phi) is 3.75. The number of rotatable bonds is 6. The quantitative estimate of drug-likeness (QED) is 0.732. The molecule has 0 aromatic carbocycles. The van der Waals surface area contributed by atoms with Crippen molar-refractivity contribution in [3.8, 4) is 0 Å². The number of carbonyl (C=O) groups is 2. The van der Waals surface area contributed by atoms with Crippen LogP contribution in [0.3, 0.4) is 0 Å². The number of carbonyl (C=O) groups excluding carboxylic acids is 1. The molecule has 2 aliphatic rings. The van der Waals surface area contributed by atoms with E-state index in [-0.39, 0.29) is 12.6 Å². The number of likely N-dealkylation sites (tertiary alicyclic amines) is 1. The average Bonchev–Trinajstić information content (AvgIpc) is 3.06. The lowest BCUT2D eigenvalue weighted by Crippen LogP contribution is -2.65. The van der Waals surface area contributed by atoms with Gasteiger partial charge in [-0.3, -0.25) is 0 Å². The number of carboxylic acids is 1. The van der Waals surface area contributed by atoms with Crippen molar-refractivity contribution in [2.45, 2.75) is 31.8 Å². The number of hydrogen-bond acceptors (Lipinski definition) is 3. The minimum atomic E-state index is -0.983. The van der Waals surface area contributed by atoms with E-state index in [4.69, 9.17) is 9.84 Å². The molecule has 2 amide bonds. The topological polar surface area (TPSA) is 78.9 Å². The maximum Gasteiger partial charge on any atom is 0.329 e. The van der Waals surface area contributed by atoms with Crippen LogP contribution in [-0.4, -0.2) is 53.8 Å². The zero-order valence-electron chi connectivity index (χ0n) is 10.6. The van der Waals surface area contributed by atoms with Gasteiger partial charge in [-0.1, -0.05) is 12.8 Å². The number of carboxylic acid groups (broad SMARTS) is 1. The summed E-state index contributed by atoms with van der Waals surface area (Å²) in [6.07, 6.45) is 3.65. The molecule has 1 aliphatic heterocycles. The molecule has 102 valence electrons. The van der Waals surface area contributed by atoms with Crippen LogP contribution in [0.1, 0.15) is 26.2 Å². The third-order valence-electron chi connectivity index (χ3n) is 3.41. The molecule has 0 atom stereocenters. The molecule has 2 N–H and O–H groups in total. The molecule has 1 aliphatic carbocycles. The average molecular weight is 256 g/mol. The summed E-state index contributed by atoms with van der Waals surface area (Å²) in [5.74, 6) is -0.172. The standard InChI is InChI=1S/C12H20N2O4/c1-12(18-6-10(15)16)7-14(8-12)11(17)13-5-4-9-2-3-9/h9H,2-8H2,1H3,(H,13,17)(H,15,16). The van der Waals surface area contributed by atoms with E-state index in [2.05, 4.69) is 5.32 Å². The Morgan fingerprint density at radius 1 is 1.44 bits per heavy atom. The highest BCUT2D eigenvalue weighted by Gasteiger charge is 2.42. The minimum Gasteiger partial charge on any atom is -0.480 e. The number of amides is 2. The van der Waals surface area contributed by atoms with Crippen LogP contribution in [0.25, 0.3) is 0 Å². The molecule has 6 nitrogen and oxygen atoms in total. The lowest BCUT2D eigenvalue weighted by molar-refractivity contribution is -0.159. The van der Waals surface area contributed by atoms with Gasteiger partial charge in [0.1, 0.15) is 12.2 Å². The first-order valence-corrected chi connectivity index (χ1v) is 6.37. The van der Waals surface area contributed by atoms with Crippen molar-refractivity contribution in [3.63, 3.8) is 0 Å². The van der Waals surface area contributed by atoms with Crippen molar-refractivity contribution in [2.75, 3.05) is 26.2 Å². The van der Waals surface area contributed by atoms with E-state index in [9.17, 15) is 9.59 Å². The normalized spacial score (nSPS) is 21.3. The van der Waals surface area contributed by atoms with Gasteiger partial charge in [-0.25, -0.2) is 9.59 Å². The molecule has 0 aromatic rings. The zero-order valence-corrected chi connectivity index (χ0v) is 10.6. The fourth-order valence-corrected chi connectivity index (χ4v) is 2.13. The molecule has 2 rings (SSSR count). The van der Waals surface area contributed by atoms with E-state index in [1.54, 1.807) is 4.90 Å². The predicted molar refractivity (Wildman–Crippen MR) is 64.3 cm³/mol. The lowest BCUT2D eigenvalue weighted by atomic mass is 9.97. The van der Waals surface area contributed by atoms with Crippen molar-refractivity contribution in [1.29, 1.82) is 0 Å². The number of urea groups is 1. The molecule has 0 unspecified atom stereocenters. The highest BCUT2D eigenvalue weighted by Crippen LogP contribution is 2.31. The molecule has 1 saturated carbocycles. The van der Waals surface area contributed by atoms with Gasteiger partial charge < -0.3 is 20.1 Å². The summed E-state index contributed by atoms with van der Waals surface area (Å²) in [6.45, 7) is 3.15. The molecule has 6 heteroatoms. The van der Waals surface area contributed by atoms with Crippen molar-refractivity contribution < 1.29 is 19.4 Å². The van der Waals surface area contributed by atoms with Gasteiger partial charge in [0, 0.05) is 6.54 Å². The first kappa shape index (κ1) is 13.1. The highest BCUT2D eigenvalue weighted by atomic mass is 16.5. The molecule has 0 radical (unpaired) electrons. The van der Waals surface area contributed by atoms with Gasteiger partial charge in [0.05, 0.1) is 13.1 Å². The Morgan fingerprint density at radius 2 is 2.11 bits per heavy atom. The smallest absolute Gasteiger partial charge is 0.329 e. The van der Waals surface area contributed by atoms with Crippen LogP contribution >= 0.6 is 0 Å². The summed E-state index contributed by atoms with van der Waals surface area (Å²) in [5.41, 5.74) is -0.508. The Hall–Kier alpha value is -1.30. The van der Waals surface area contributed by atoms with Crippen molar-refractivity contribution in [2.24, 2.45) is 5.92 Å². The van der Waals surface area contributed by atoms with Crippen molar-refractivity contribution in [1.82, 2.24) is 10.2 Å². The van der Waals surface area contributed by atoms with Gasteiger partial charge in [-0.2, -0.15) is 0 Å². The van der Waals surface area contributed by atoms with Gasteiger partial charge in [0.2, 0.25) is 0 Å². The van der Waals surface area contributed by atoms with E-state index in [0.29, 0.717) is 13.1 Å². The maximum atomic E-state index is 11.7. The largest absolute Gasteiger partial charge is 0.480 e. The second-order valence-electron chi connectivity index (χ2n) is 5.45. The third-order valence-corrected chi connectivity index (χ3v) is 3.41. The van der Waals surface area contributed by atoms with E-state index in [1.807, 2.05) is 6.92 Å². The van der Waals surface area contributed by atoms with Crippen LogP contribution in [-0.2, 0) is 9.53 Å². The van der Waals surface area contributed by atoms with Crippen molar-refractivity contribution in [3.05, 3.63) is 0 Å². The molecule has 2 fully saturated rings. The molecule has 0 bridgehead atoms. The number of nitrogens with one attached hydrogen (secondary N) is 1. The summed E-state index contributed by atoms with van der Waals surface area (Å²) >= 11 is 0. The molecule has 0 spiro atoms. The van der Waals surface area contributed by atoms with Crippen molar-refractivity contribution >= 4 is 12.0 Å². The van der Waals surface area contributed by atoms with Gasteiger partial charge in [0.15, 0.2) is 0 Å². The maximum absolute atomic E-state index is 11.7. The number of aliphatic carboxylic acids is 1. The molecule has 0 aromatic heterocycles. The van der Waals surface area contributed by atoms with E-state index >= 15 is 0 Å². The van der Waals surface area contributed by atoms with Crippen LogP contribution in [0.4, 0.5) is 4.79 Å². The van der Waals surface area contributed by atoms with Crippen LogP contribution in [0, 0.1) is 5.92 Å². The molecule has 1 heterocycles. The predicted octanol–water partition coefficient (Wildman–Crippen LogP) is 0.672. The number of nitrogens with zero attached hydrogens (tertiary/aromatic N) is 1. The van der Waals surface area contributed by atoms with Crippen LogP contribution in [0.15, 0.2) is 0 Å². The molecular formula is C12H20N2O4. The highest BCUT2D eigenvalue weighted by molar-refractivity contribution is 5.75. The van der Waals surface area contributed by atoms with E-state index in [0.717, 1.165) is 18.9 Å². The van der Waals surface area contributed by atoms with Gasteiger partial charge in [0.25, 0.3) is 0 Å². The lowest BCUT2D eigenvalue weighted by Gasteiger charge is -2.46. The molecular weight excluding hydrogens is 236 g/mol. The first-order chi connectivity index (χ1) is 8.48. The third kappa shape index (κ3) is 3.60. The second-order valence-corrected chi connectivity index (χ2v) is 5.45. The minimum absolute atomic E-state index is 0.0768. The number of hydrogen-bond donors (Lipinski definition) is 2. The summed E-state index contributed by atoms with van der Waals surface area (Å²) in [7, 11) is 0. The van der Waals surface area contributed by atoms with E-state index in [1.165, 1.54) is 12.8 Å². The summed E-state index contributed by atoms with van der Waals surface area (Å²) in [6, 6.07) is -0.0768.